The van der Waals surface area contributed by atoms with Gasteiger partial charge in [-0.15, -0.1) is 0 Å². The first kappa shape index (κ1) is 16.5. The van der Waals surface area contributed by atoms with Crippen LogP contribution in [-0.4, -0.2) is 49.6 Å². The van der Waals surface area contributed by atoms with Crippen molar-refractivity contribution in [2.24, 2.45) is 5.92 Å². The third kappa shape index (κ3) is 3.58. The highest BCUT2D eigenvalue weighted by molar-refractivity contribution is 9.10. The Balaban J connectivity index is 1.64. The van der Waals surface area contributed by atoms with E-state index in [2.05, 4.69) is 15.9 Å². The quantitative estimate of drug-likeness (QED) is 0.753. The summed E-state index contributed by atoms with van der Waals surface area (Å²) in [6.45, 7) is 1.92. The number of carbonyl (C=O) groups is 2. The van der Waals surface area contributed by atoms with Gasteiger partial charge in [-0.25, -0.2) is 0 Å². The zero-order valence-corrected chi connectivity index (χ0v) is 14.8. The van der Waals surface area contributed by atoms with E-state index in [1.807, 2.05) is 24.3 Å². The summed E-state index contributed by atoms with van der Waals surface area (Å²) >= 11 is 3.42. The maximum atomic E-state index is 12.6. The number of amides is 2. The van der Waals surface area contributed by atoms with Gasteiger partial charge in [-0.1, -0.05) is 22.0 Å². The van der Waals surface area contributed by atoms with Gasteiger partial charge in [0, 0.05) is 36.9 Å². The average molecular weight is 381 g/mol. The molecule has 2 atom stereocenters. The molecule has 2 saturated heterocycles. The number of rotatable bonds is 4. The van der Waals surface area contributed by atoms with Crippen LogP contribution in [0.2, 0.25) is 0 Å². The predicted octanol–water partition coefficient (Wildman–Crippen LogP) is 2.44. The van der Waals surface area contributed by atoms with Crippen LogP contribution < -0.4 is 4.90 Å². The summed E-state index contributed by atoms with van der Waals surface area (Å²) in [7, 11) is 1.76. The number of likely N-dealkylation sites (N-methyl/N-ethyl adjacent to an activating group) is 1. The minimum atomic E-state index is -0.569. The van der Waals surface area contributed by atoms with Crippen LogP contribution in [0.1, 0.15) is 19.3 Å². The molecule has 0 aliphatic carbocycles. The highest BCUT2D eigenvalue weighted by Gasteiger charge is 2.39. The van der Waals surface area contributed by atoms with Crippen LogP contribution in [0.3, 0.4) is 0 Å². The minimum Gasteiger partial charge on any atom is -0.376 e. The van der Waals surface area contributed by atoms with E-state index in [1.54, 1.807) is 16.8 Å². The molecule has 0 saturated carbocycles. The highest BCUT2D eigenvalue weighted by Crippen LogP contribution is 2.28. The van der Waals surface area contributed by atoms with Crippen LogP contribution in [0.25, 0.3) is 0 Å². The fourth-order valence-corrected chi connectivity index (χ4v) is 3.65. The fourth-order valence-electron chi connectivity index (χ4n) is 3.26. The van der Waals surface area contributed by atoms with E-state index in [9.17, 15) is 9.59 Å². The van der Waals surface area contributed by atoms with E-state index in [4.69, 9.17) is 4.74 Å². The smallest absolute Gasteiger partial charge is 0.239 e. The van der Waals surface area contributed by atoms with Gasteiger partial charge < -0.3 is 14.5 Å². The van der Waals surface area contributed by atoms with Gasteiger partial charge in [0.15, 0.2) is 0 Å². The topological polar surface area (TPSA) is 49.9 Å². The molecule has 124 valence electrons. The number of ether oxygens (including phenoxy) is 1. The monoisotopic (exact) mass is 380 g/mol. The molecule has 2 aliphatic rings. The molecule has 5 nitrogen and oxygen atoms in total. The molecule has 2 heterocycles. The summed E-state index contributed by atoms with van der Waals surface area (Å²) in [6, 6.07) is 7.61. The molecule has 0 N–H and O–H groups in total. The van der Waals surface area contributed by atoms with E-state index in [-0.39, 0.29) is 17.9 Å². The zero-order valence-electron chi connectivity index (χ0n) is 13.2. The maximum Gasteiger partial charge on any atom is 0.239 e. The molecule has 2 aliphatic heterocycles. The SMILES string of the molecule is CN(C[C@@H]1CCCO1)C(=O)[C@@H]1CCN(c2cccc(Br)c2)C1=O. The summed E-state index contributed by atoms with van der Waals surface area (Å²) in [5, 5.41) is 0. The number of hydrogen-bond donors (Lipinski definition) is 0. The third-order valence-electron chi connectivity index (χ3n) is 4.50. The van der Waals surface area contributed by atoms with Crippen LogP contribution >= 0.6 is 15.9 Å². The van der Waals surface area contributed by atoms with E-state index in [0.29, 0.717) is 19.5 Å². The van der Waals surface area contributed by atoms with E-state index < -0.39 is 5.92 Å². The molecule has 0 spiro atoms. The molecule has 0 radical (unpaired) electrons. The first-order valence-electron chi connectivity index (χ1n) is 8.00. The first-order chi connectivity index (χ1) is 11.1. The Morgan fingerprint density at radius 2 is 2.26 bits per heavy atom. The molecule has 0 unspecified atom stereocenters. The second-order valence-corrected chi connectivity index (χ2v) is 7.08. The molecule has 1 aromatic carbocycles. The van der Waals surface area contributed by atoms with Gasteiger partial charge in [0.2, 0.25) is 11.8 Å². The Labute approximate surface area is 144 Å². The van der Waals surface area contributed by atoms with Crippen molar-refractivity contribution in [2.45, 2.75) is 25.4 Å². The Morgan fingerprint density at radius 3 is 2.96 bits per heavy atom. The van der Waals surface area contributed by atoms with Crippen LogP contribution in [0, 0.1) is 5.92 Å². The molecule has 6 heteroatoms. The lowest BCUT2D eigenvalue weighted by Crippen LogP contribution is -2.41. The van der Waals surface area contributed by atoms with Crippen molar-refractivity contribution in [1.82, 2.24) is 4.90 Å². The van der Waals surface area contributed by atoms with Gasteiger partial charge in [-0.3, -0.25) is 9.59 Å². The molecule has 3 rings (SSSR count). The Hall–Kier alpha value is -1.40. The average Bonchev–Trinajstić information content (AvgIpc) is 3.16. The van der Waals surface area contributed by atoms with Crippen molar-refractivity contribution in [1.29, 1.82) is 0 Å². The lowest BCUT2D eigenvalue weighted by molar-refractivity contribution is -0.139. The summed E-state index contributed by atoms with van der Waals surface area (Å²) in [6.07, 6.45) is 2.72. The van der Waals surface area contributed by atoms with E-state index >= 15 is 0 Å². The molecule has 2 amide bonds. The van der Waals surface area contributed by atoms with E-state index in [1.165, 1.54) is 0 Å². The van der Waals surface area contributed by atoms with Gasteiger partial charge in [-0.05, 0) is 37.5 Å². The standard InChI is InChI=1S/C17H21BrN2O3/c1-19(11-14-6-3-9-23-14)16(21)15-7-8-20(17(15)22)13-5-2-4-12(18)10-13/h2,4-5,10,14-15H,3,6-9,11H2,1H3/t14-,15-/m0/s1. The van der Waals surface area contributed by atoms with Crippen LogP contribution in [0.5, 0.6) is 0 Å². The number of halogens is 1. The Bertz CT molecular complexity index is 601. The van der Waals surface area contributed by atoms with Crippen molar-refractivity contribution >= 4 is 33.4 Å². The first-order valence-corrected chi connectivity index (χ1v) is 8.79. The van der Waals surface area contributed by atoms with Gasteiger partial charge in [0.25, 0.3) is 0 Å². The predicted molar refractivity (Wildman–Crippen MR) is 91.2 cm³/mol. The second-order valence-electron chi connectivity index (χ2n) is 6.16. The molecule has 2 fully saturated rings. The summed E-state index contributed by atoms with van der Waals surface area (Å²) in [5.41, 5.74) is 0.835. The lowest BCUT2D eigenvalue weighted by atomic mass is 10.1. The summed E-state index contributed by atoms with van der Waals surface area (Å²) in [4.78, 5) is 28.6. The van der Waals surface area contributed by atoms with Crippen molar-refractivity contribution < 1.29 is 14.3 Å². The molecule has 0 aromatic heterocycles. The van der Waals surface area contributed by atoms with Gasteiger partial charge >= 0.3 is 0 Å². The van der Waals surface area contributed by atoms with Crippen molar-refractivity contribution in [3.63, 3.8) is 0 Å². The number of benzene rings is 1. The van der Waals surface area contributed by atoms with Gasteiger partial charge in [0.05, 0.1) is 6.10 Å². The lowest BCUT2D eigenvalue weighted by Gasteiger charge is -2.23. The number of nitrogens with zero attached hydrogens (tertiary/aromatic N) is 2. The largest absolute Gasteiger partial charge is 0.376 e. The van der Waals surface area contributed by atoms with Gasteiger partial charge in [0.1, 0.15) is 5.92 Å². The number of hydrogen-bond acceptors (Lipinski definition) is 3. The second kappa shape index (κ2) is 7.01. The molecule has 0 bridgehead atoms. The minimum absolute atomic E-state index is 0.0944. The Morgan fingerprint density at radius 1 is 1.43 bits per heavy atom. The van der Waals surface area contributed by atoms with Crippen LogP contribution in [0.15, 0.2) is 28.7 Å². The zero-order chi connectivity index (χ0) is 16.4. The van der Waals surface area contributed by atoms with Crippen molar-refractivity contribution in [2.75, 3.05) is 31.6 Å². The third-order valence-corrected chi connectivity index (χ3v) is 4.99. The molecule has 23 heavy (non-hydrogen) atoms. The maximum absolute atomic E-state index is 12.6. The molecular weight excluding hydrogens is 360 g/mol. The molecular formula is C17H21BrN2O3. The van der Waals surface area contributed by atoms with Crippen LogP contribution in [-0.2, 0) is 14.3 Å². The van der Waals surface area contributed by atoms with Crippen molar-refractivity contribution in [3.8, 4) is 0 Å². The summed E-state index contributed by atoms with van der Waals surface area (Å²) in [5.74, 6) is -0.768. The number of anilines is 1. The van der Waals surface area contributed by atoms with Crippen LogP contribution in [0.4, 0.5) is 5.69 Å². The molecule has 1 aromatic rings. The Kier molecular flexibility index (Phi) is 5.02. The van der Waals surface area contributed by atoms with Gasteiger partial charge in [-0.2, -0.15) is 0 Å². The van der Waals surface area contributed by atoms with E-state index in [0.717, 1.165) is 29.6 Å². The normalized spacial score (nSPS) is 24.3. The van der Waals surface area contributed by atoms with Crippen molar-refractivity contribution in [3.05, 3.63) is 28.7 Å². The highest BCUT2D eigenvalue weighted by atomic mass is 79.9. The number of carbonyl (C=O) groups excluding carboxylic acids is 2. The fraction of sp³-hybridized carbons (Fsp3) is 0.529. The summed E-state index contributed by atoms with van der Waals surface area (Å²) < 4.78 is 6.50.